The second-order valence-electron chi connectivity index (χ2n) is 2.63. The Labute approximate surface area is 95.6 Å². The van der Waals surface area contributed by atoms with Gasteiger partial charge in [-0.15, -0.1) is 0 Å². The van der Waals surface area contributed by atoms with E-state index in [9.17, 15) is 16.8 Å². The average Bonchev–Trinajstić information content (AvgIpc) is 2.13. The Bertz CT molecular complexity index is 324. The molecule has 0 saturated carbocycles. The van der Waals surface area contributed by atoms with Crippen molar-refractivity contribution in [3.8, 4) is 0 Å². The smallest absolute Gasteiger partial charge is 0.381 e. The third-order valence-electron chi connectivity index (χ3n) is 1.29. The van der Waals surface area contributed by atoms with Crippen LogP contribution in [0.25, 0.3) is 0 Å². The van der Waals surface area contributed by atoms with E-state index in [1.807, 2.05) is 0 Å². The lowest BCUT2D eigenvalue weighted by atomic mass is 10.5. The normalized spacial score (nSPS) is 12.1. The number of rotatable bonds is 10. The second-order valence-corrected chi connectivity index (χ2v) is 4.42. The highest BCUT2D eigenvalue weighted by molar-refractivity contribution is 7.80. The first-order chi connectivity index (χ1) is 7.42. The molecule has 0 aliphatic heterocycles. The van der Waals surface area contributed by atoms with Crippen LogP contribution in [0, 0.1) is 0 Å². The molecule has 0 aliphatic carbocycles. The minimum absolute atomic E-state index is 0.0558. The standard InChI is InChI=1S/C6H14O8S2/c7-15(8)13-5-1-3-12-4-2-6-14-16(9,10)11/h15H,1-6H2,(H,9,10,11). The fraction of sp³-hybridized carbons (Fsp3) is 1.00. The molecule has 16 heavy (non-hydrogen) atoms. The predicted octanol–water partition coefficient (Wildman–Crippen LogP) is -0.854. The zero-order valence-electron chi connectivity index (χ0n) is 8.40. The minimum Gasteiger partial charge on any atom is -0.381 e. The van der Waals surface area contributed by atoms with Crippen LogP contribution in [0.15, 0.2) is 0 Å². The molecule has 0 aromatic heterocycles. The van der Waals surface area contributed by atoms with Crippen LogP contribution in [0.5, 0.6) is 0 Å². The summed E-state index contributed by atoms with van der Waals surface area (Å²) in [5.41, 5.74) is 0. The summed E-state index contributed by atoms with van der Waals surface area (Å²) in [6, 6.07) is 0. The van der Waals surface area contributed by atoms with E-state index in [0.717, 1.165) is 0 Å². The van der Waals surface area contributed by atoms with Gasteiger partial charge in [0, 0.05) is 13.2 Å². The van der Waals surface area contributed by atoms with Crippen molar-refractivity contribution in [1.29, 1.82) is 0 Å². The molecular formula is C6H14O8S2. The lowest BCUT2D eigenvalue weighted by Crippen LogP contribution is -2.08. The van der Waals surface area contributed by atoms with Crippen molar-refractivity contribution in [1.82, 2.24) is 0 Å². The van der Waals surface area contributed by atoms with Crippen LogP contribution in [-0.2, 0) is 34.5 Å². The van der Waals surface area contributed by atoms with Crippen LogP contribution < -0.4 is 0 Å². The summed E-state index contributed by atoms with van der Waals surface area (Å²) in [4.78, 5) is 0. The van der Waals surface area contributed by atoms with E-state index in [-0.39, 0.29) is 19.8 Å². The first-order valence-electron chi connectivity index (χ1n) is 4.38. The monoisotopic (exact) mass is 278 g/mol. The van der Waals surface area contributed by atoms with Gasteiger partial charge in [-0.1, -0.05) is 0 Å². The summed E-state index contributed by atoms with van der Waals surface area (Å²) in [5.74, 6) is 0. The van der Waals surface area contributed by atoms with Gasteiger partial charge in [0.2, 0.25) is 0 Å². The predicted molar refractivity (Wildman–Crippen MR) is 53.8 cm³/mol. The molecule has 0 aromatic carbocycles. The maximum absolute atomic E-state index is 10.1. The zero-order valence-corrected chi connectivity index (χ0v) is 10.1. The van der Waals surface area contributed by atoms with Gasteiger partial charge in [-0.05, 0) is 12.8 Å². The molecule has 0 heterocycles. The van der Waals surface area contributed by atoms with Crippen LogP contribution in [0.1, 0.15) is 12.8 Å². The molecule has 0 aliphatic rings. The van der Waals surface area contributed by atoms with Crippen molar-refractivity contribution in [3.63, 3.8) is 0 Å². The summed E-state index contributed by atoms with van der Waals surface area (Å²) in [7, 11) is -7.19. The molecule has 8 nitrogen and oxygen atoms in total. The largest absolute Gasteiger partial charge is 0.397 e. The van der Waals surface area contributed by atoms with E-state index in [0.29, 0.717) is 19.4 Å². The van der Waals surface area contributed by atoms with Crippen molar-refractivity contribution >= 4 is 21.4 Å². The molecule has 0 spiro atoms. The summed E-state index contributed by atoms with van der Waals surface area (Å²) < 4.78 is 61.5. The topological polar surface area (TPSA) is 116 Å². The van der Waals surface area contributed by atoms with Crippen LogP contribution in [0.2, 0.25) is 0 Å². The summed E-state index contributed by atoms with van der Waals surface area (Å²) >= 11 is 0. The molecule has 10 heteroatoms. The molecule has 0 rings (SSSR count). The Kier molecular flexibility index (Phi) is 8.70. The van der Waals surface area contributed by atoms with Gasteiger partial charge in [-0.2, -0.15) is 8.42 Å². The molecule has 0 fully saturated rings. The van der Waals surface area contributed by atoms with E-state index in [4.69, 9.17) is 9.29 Å². The Morgan fingerprint density at radius 1 is 1.00 bits per heavy atom. The fourth-order valence-corrected chi connectivity index (χ4v) is 1.33. The Morgan fingerprint density at radius 2 is 1.56 bits per heavy atom. The third kappa shape index (κ3) is 13.7. The van der Waals surface area contributed by atoms with Crippen molar-refractivity contribution < 1.29 is 34.5 Å². The van der Waals surface area contributed by atoms with Gasteiger partial charge in [-0.25, -0.2) is 12.6 Å². The van der Waals surface area contributed by atoms with Gasteiger partial charge in [0.1, 0.15) is 0 Å². The van der Waals surface area contributed by atoms with Crippen molar-refractivity contribution in [2.45, 2.75) is 12.8 Å². The number of hydrogen-bond acceptors (Lipinski definition) is 7. The van der Waals surface area contributed by atoms with Gasteiger partial charge < -0.3 is 4.74 Å². The third-order valence-corrected chi connectivity index (χ3v) is 2.15. The summed E-state index contributed by atoms with van der Waals surface area (Å²) in [5, 5.41) is 0. The van der Waals surface area contributed by atoms with Crippen LogP contribution in [0.4, 0.5) is 0 Å². The van der Waals surface area contributed by atoms with E-state index >= 15 is 0 Å². The van der Waals surface area contributed by atoms with E-state index in [2.05, 4.69) is 8.37 Å². The zero-order chi connectivity index (χ0) is 12.4. The van der Waals surface area contributed by atoms with Gasteiger partial charge >= 0.3 is 10.4 Å². The lowest BCUT2D eigenvalue weighted by molar-refractivity contribution is 0.108. The molecular weight excluding hydrogens is 264 g/mol. The molecule has 1 N–H and O–H groups in total. The second kappa shape index (κ2) is 8.84. The van der Waals surface area contributed by atoms with Crippen molar-refractivity contribution in [2.24, 2.45) is 0 Å². The van der Waals surface area contributed by atoms with Crippen molar-refractivity contribution in [2.75, 3.05) is 26.4 Å². The number of ether oxygens (including phenoxy) is 1. The number of thiol groups is 1. The molecule has 0 bridgehead atoms. The van der Waals surface area contributed by atoms with Crippen LogP contribution in [0.3, 0.4) is 0 Å². The van der Waals surface area contributed by atoms with Crippen molar-refractivity contribution in [3.05, 3.63) is 0 Å². The quantitative estimate of drug-likeness (QED) is 0.301. The molecule has 0 unspecified atom stereocenters. The van der Waals surface area contributed by atoms with Gasteiger partial charge in [-0.3, -0.25) is 8.74 Å². The van der Waals surface area contributed by atoms with Gasteiger partial charge in [0.05, 0.1) is 13.2 Å². The summed E-state index contributed by atoms with van der Waals surface area (Å²) in [6.45, 7) is 0.441. The first-order valence-corrected chi connectivity index (χ1v) is 6.85. The molecule has 0 amide bonds. The van der Waals surface area contributed by atoms with Crippen LogP contribution in [-0.4, -0.2) is 47.8 Å². The van der Waals surface area contributed by atoms with Crippen LogP contribution >= 0.6 is 0 Å². The SMILES string of the molecule is O=[SH](=O)OCCCOCCCOS(=O)(=O)O. The van der Waals surface area contributed by atoms with E-state index in [1.54, 1.807) is 0 Å². The Morgan fingerprint density at radius 3 is 2.06 bits per heavy atom. The molecule has 0 atom stereocenters. The molecule has 0 saturated heterocycles. The van der Waals surface area contributed by atoms with E-state index < -0.39 is 21.4 Å². The average molecular weight is 278 g/mol. The van der Waals surface area contributed by atoms with Gasteiger partial charge in [0.25, 0.3) is 11.0 Å². The highest BCUT2D eigenvalue weighted by Gasteiger charge is 2.02. The van der Waals surface area contributed by atoms with Gasteiger partial charge in [0.15, 0.2) is 0 Å². The molecule has 0 aromatic rings. The molecule has 0 radical (unpaired) electrons. The van der Waals surface area contributed by atoms with E-state index in [1.165, 1.54) is 0 Å². The number of hydrogen-bond donors (Lipinski definition) is 2. The first kappa shape index (κ1) is 15.7. The fourth-order valence-electron chi connectivity index (χ4n) is 0.727. The maximum Gasteiger partial charge on any atom is 0.397 e. The summed E-state index contributed by atoms with van der Waals surface area (Å²) in [6.07, 6.45) is 0.721. The molecule has 98 valence electrons. The highest BCUT2D eigenvalue weighted by Crippen LogP contribution is 1.92. The maximum atomic E-state index is 10.1. The highest BCUT2D eigenvalue weighted by atomic mass is 32.3. The minimum atomic E-state index is -4.38. The lowest BCUT2D eigenvalue weighted by Gasteiger charge is -2.02. The Balaban J connectivity index is 3.16. The Hall–Kier alpha value is -0.260.